The number of ether oxygens (including phenoxy) is 1. The highest BCUT2D eigenvalue weighted by Crippen LogP contribution is 2.27. The van der Waals surface area contributed by atoms with Crippen molar-refractivity contribution in [3.8, 4) is 6.07 Å². The van der Waals surface area contributed by atoms with Crippen LogP contribution in [0.1, 0.15) is 55.6 Å². The minimum Gasteiger partial charge on any atom is -0.454 e. The lowest BCUT2D eigenvalue weighted by Crippen LogP contribution is -2.51. The van der Waals surface area contributed by atoms with Gasteiger partial charge in [-0.05, 0) is 30.2 Å². The number of amides is 2. The van der Waals surface area contributed by atoms with Gasteiger partial charge in [0.25, 0.3) is 11.8 Å². The van der Waals surface area contributed by atoms with Crippen molar-refractivity contribution >= 4 is 29.1 Å². The summed E-state index contributed by atoms with van der Waals surface area (Å²) in [6, 6.07) is 4.76. The van der Waals surface area contributed by atoms with Gasteiger partial charge in [0.1, 0.15) is 11.6 Å². The molecule has 1 fully saturated rings. The van der Waals surface area contributed by atoms with Crippen molar-refractivity contribution in [2.75, 3.05) is 6.61 Å². The average molecular weight is 391 g/mol. The quantitative estimate of drug-likeness (QED) is 0.694. The number of rotatable bonds is 7. The summed E-state index contributed by atoms with van der Waals surface area (Å²) in [5, 5.41) is 16.5. The Morgan fingerprint density at radius 1 is 1.30 bits per heavy atom. The second-order valence-corrected chi connectivity index (χ2v) is 8.03. The maximum Gasteiger partial charge on any atom is 0.329 e. The molecule has 2 rings (SSSR count). The Morgan fingerprint density at radius 3 is 2.56 bits per heavy atom. The Labute approximate surface area is 163 Å². The fraction of sp³-hybridized carbons (Fsp3) is 0.579. The van der Waals surface area contributed by atoms with E-state index in [4.69, 9.17) is 4.74 Å². The molecule has 27 heavy (non-hydrogen) atoms. The Bertz CT molecular complexity index is 703. The first-order valence-corrected chi connectivity index (χ1v) is 9.98. The van der Waals surface area contributed by atoms with Gasteiger partial charge in [-0.2, -0.15) is 5.26 Å². The summed E-state index contributed by atoms with van der Waals surface area (Å²) in [6.45, 7) is 3.10. The number of thiophene rings is 1. The number of hydrogen-bond donors (Lipinski definition) is 2. The average Bonchev–Trinajstić information content (AvgIpc) is 3.19. The molecule has 0 aromatic carbocycles. The summed E-state index contributed by atoms with van der Waals surface area (Å²) in [7, 11) is 0. The minimum atomic E-state index is -0.868. The highest BCUT2D eigenvalue weighted by Gasteiger charge is 2.34. The van der Waals surface area contributed by atoms with Crippen LogP contribution in [0.5, 0.6) is 0 Å². The lowest BCUT2D eigenvalue weighted by molar-refractivity contribution is -0.151. The van der Waals surface area contributed by atoms with Crippen LogP contribution in [0.2, 0.25) is 0 Å². The molecule has 0 spiro atoms. The maximum absolute atomic E-state index is 12.4. The summed E-state index contributed by atoms with van der Waals surface area (Å²) in [5.74, 6) is -1.72. The Kier molecular flexibility index (Phi) is 7.36. The molecule has 2 amide bonds. The van der Waals surface area contributed by atoms with Gasteiger partial charge in [-0.3, -0.25) is 9.59 Å². The van der Waals surface area contributed by atoms with E-state index in [9.17, 15) is 19.6 Å². The van der Waals surface area contributed by atoms with Gasteiger partial charge in [-0.1, -0.05) is 39.2 Å². The number of carbonyl (C=O) groups is 3. The fourth-order valence-corrected chi connectivity index (χ4v) is 3.69. The van der Waals surface area contributed by atoms with Crippen LogP contribution < -0.4 is 10.6 Å². The third-order valence-electron chi connectivity index (χ3n) is 4.60. The zero-order valence-electron chi connectivity index (χ0n) is 15.6. The molecule has 1 aliphatic carbocycles. The van der Waals surface area contributed by atoms with Gasteiger partial charge in [0, 0.05) is 0 Å². The molecular formula is C19H25N3O4S. The van der Waals surface area contributed by atoms with E-state index in [1.54, 1.807) is 31.4 Å². The van der Waals surface area contributed by atoms with Crippen molar-refractivity contribution in [3.63, 3.8) is 0 Å². The van der Waals surface area contributed by atoms with E-state index in [2.05, 4.69) is 16.7 Å². The summed E-state index contributed by atoms with van der Waals surface area (Å²) < 4.78 is 5.10. The number of nitrogens with one attached hydrogen (secondary N) is 2. The van der Waals surface area contributed by atoms with E-state index in [1.807, 2.05) is 0 Å². The largest absolute Gasteiger partial charge is 0.454 e. The summed E-state index contributed by atoms with van der Waals surface area (Å²) in [4.78, 5) is 37.2. The van der Waals surface area contributed by atoms with Crippen LogP contribution in [0.25, 0.3) is 0 Å². The lowest BCUT2D eigenvalue weighted by Gasteiger charge is -2.31. The standard InChI is InChI=1S/C19H25N3O4S/c1-13(2)16(21-17(24)14-7-6-10-27-14)18(25)26-11-15(23)22-19(12-20)8-4-3-5-9-19/h6-7,10,13,16H,3-5,8-9,11H2,1-2H3,(H,21,24)(H,22,23)/t16-/m1/s1. The third-order valence-corrected chi connectivity index (χ3v) is 5.47. The van der Waals surface area contributed by atoms with Gasteiger partial charge in [-0.15, -0.1) is 11.3 Å². The van der Waals surface area contributed by atoms with Crippen LogP contribution in [-0.2, 0) is 14.3 Å². The number of nitrogens with zero attached hydrogens (tertiary/aromatic N) is 1. The molecule has 2 N–H and O–H groups in total. The molecule has 146 valence electrons. The molecule has 8 heteroatoms. The van der Waals surface area contributed by atoms with Gasteiger partial charge >= 0.3 is 5.97 Å². The van der Waals surface area contributed by atoms with Gasteiger partial charge in [-0.25, -0.2) is 4.79 Å². The van der Waals surface area contributed by atoms with Gasteiger partial charge in [0.15, 0.2) is 6.61 Å². The molecule has 0 aliphatic heterocycles. The van der Waals surface area contributed by atoms with Gasteiger partial charge in [0.2, 0.25) is 0 Å². The predicted octanol–water partition coefficient (Wildman–Crippen LogP) is 2.39. The second-order valence-electron chi connectivity index (χ2n) is 7.08. The van der Waals surface area contributed by atoms with Crippen molar-refractivity contribution < 1.29 is 19.1 Å². The Balaban J connectivity index is 1.88. The molecule has 1 aromatic rings. The van der Waals surface area contributed by atoms with Crippen molar-refractivity contribution in [2.45, 2.75) is 57.5 Å². The summed E-state index contributed by atoms with van der Waals surface area (Å²) in [5.41, 5.74) is -0.868. The zero-order valence-corrected chi connectivity index (χ0v) is 16.4. The van der Waals surface area contributed by atoms with E-state index < -0.39 is 30.1 Å². The summed E-state index contributed by atoms with van der Waals surface area (Å²) in [6.07, 6.45) is 4.03. The molecule has 7 nitrogen and oxygen atoms in total. The van der Waals surface area contributed by atoms with Crippen LogP contribution in [0.4, 0.5) is 0 Å². The second kappa shape index (κ2) is 9.51. The van der Waals surface area contributed by atoms with E-state index in [0.717, 1.165) is 19.3 Å². The molecule has 0 unspecified atom stereocenters. The van der Waals surface area contributed by atoms with Crippen molar-refractivity contribution in [1.82, 2.24) is 10.6 Å². The Hall–Kier alpha value is -2.40. The third kappa shape index (κ3) is 5.79. The van der Waals surface area contributed by atoms with E-state index in [-0.39, 0.29) is 11.8 Å². The molecule has 1 saturated carbocycles. The maximum atomic E-state index is 12.4. The van der Waals surface area contributed by atoms with Gasteiger partial charge in [0.05, 0.1) is 10.9 Å². The van der Waals surface area contributed by atoms with Crippen LogP contribution in [-0.4, -0.2) is 36.0 Å². The van der Waals surface area contributed by atoms with Crippen LogP contribution in [0.15, 0.2) is 17.5 Å². The number of esters is 1. The molecule has 0 radical (unpaired) electrons. The fourth-order valence-electron chi connectivity index (χ4n) is 3.07. The first-order chi connectivity index (χ1) is 12.9. The zero-order chi connectivity index (χ0) is 19.9. The van der Waals surface area contributed by atoms with Crippen LogP contribution in [0, 0.1) is 17.2 Å². The molecule has 1 heterocycles. The van der Waals surface area contributed by atoms with E-state index in [1.165, 1.54) is 11.3 Å². The topological polar surface area (TPSA) is 108 Å². The molecular weight excluding hydrogens is 366 g/mol. The SMILES string of the molecule is CC(C)[C@@H](NC(=O)c1cccs1)C(=O)OCC(=O)NC1(C#N)CCCCC1. The minimum absolute atomic E-state index is 0.201. The monoisotopic (exact) mass is 391 g/mol. The number of carbonyl (C=O) groups excluding carboxylic acids is 3. The van der Waals surface area contributed by atoms with E-state index >= 15 is 0 Å². The number of nitriles is 1. The smallest absolute Gasteiger partial charge is 0.329 e. The number of hydrogen-bond acceptors (Lipinski definition) is 6. The normalized spacial score (nSPS) is 16.8. The molecule has 1 atom stereocenters. The molecule has 0 bridgehead atoms. The summed E-state index contributed by atoms with van der Waals surface area (Å²) >= 11 is 1.28. The lowest BCUT2D eigenvalue weighted by atomic mass is 9.83. The van der Waals surface area contributed by atoms with Crippen LogP contribution >= 0.6 is 11.3 Å². The van der Waals surface area contributed by atoms with Crippen molar-refractivity contribution in [1.29, 1.82) is 5.26 Å². The molecule has 0 saturated heterocycles. The first-order valence-electron chi connectivity index (χ1n) is 9.10. The highest BCUT2D eigenvalue weighted by molar-refractivity contribution is 7.12. The van der Waals surface area contributed by atoms with Crippen molar-refractivity contribution in [2.24, 2.45) is 5.92 Å². The highest BCUT2D eigenvalue weighted by atomic mass is 32.1. The molecule has 1 aliphatic rings. The molecule has 1 aromatic heterocycles. The predicted molar refractivity (Wildman–Crippen MR) is 101 cm³/mol. The van der Waals surface area contributed by atoms with Gasteiger partial charge < -0.3 is 15.4 Å². The van der Waals surface area contributed by atoms with Crippen molar-refractivity contribution in [3.05, 3.63) is 22.4 Å². The Morgan fingerprint density at radius 2 is 2.00 bits per heavy atom. The van der Waals surface area contributed by atoms with Crippen LogP contribution in [0.3, 0.4) is 0 Å². The first kappa shape index (κ1) is 20.9. The van der Waals surface area contributed by atoms with E-state index in [0.29, 0.717) is 17.7 Å².